The monoisotopic (exact) mass is 335 g/mol. The number of aliphatic hydroxyl groups is 1. The summed E-state index contributed by atoms with van der Waals surface area (Å²) in [5.74, 6) is -1.26. The predicted octanol–water partition coefficient (Wildman–Crippen LogP) is 1.87. The number of aromatic carboxylic acids is 1. The molecule has 1 aromatic rings. The Morgan fingerprint density at radius 1 is 1.24 bits per heavy atom. The number of hydrogen-bond donors (Lipinski definition) is 3. The highest BCUT2D eigenvalue weighted by atomic mass is 35.5. The van der Waals surface area contributed by atoms with E-state index < -0.39 is 27.1 Å². The second kappa shape index (κ2) is 5.57. The average Bonchev–Trinajstić information content (AvgIpc) is 2.25. The number of halogens is 1. The zero-order valence-electron chi connectivity index (χ0n) is 12.1. The third-order valence-electron chi connectivity index (χ3n) is 3.39. The quantitative estimate of drug-likeness (QED) is 0.762. The van der Waals surface area contributed by atoms with Crippen molar-refractivity contribution in [3.8, 4) is 0 Å². The highest BCUT2D eigenvalue weighted by molar-refractivity contribution is 7.89. The lowest BCUT2D eigenvalue weighted by atomic mass is 9.87. The molecule has 0 unspecified atom stereocenters. The van der Waals surface area contributed by atoms with E-state index in [2.05, 4.69) is 4.72 Å². The van der Waals surface area contributed by atoms with Crippen LogP contribution in [0.3, 0.4) is 0 Å². The van der Waals surface area contributed by atoms with Gasteiger partial charge in [0.1, 0.15) is 4.90 Å². The molecular weight excluding hydrogens is 318 g/mol. The van der Waals surface area contributed by atoms with E-state index in [1.54, 1.807) is 0 Å². The topological polar surface area (TPSA) is 104 Å². The maximum Gasteiger partial charge on any atom is 0.335 e. The lowest BCUT2D eigenvalue weighted by Gasteiger charge is -2.37. The second-order valence-corrected chi connectivity index (χ2v) is 7.80. The summed E-state index contributed by atoms with van der Waals surface area (Å²) in [6.45, 7) is 5.95. The third kappa shape index (κ3) is 3.94. The molecule has 0 fully saturated rings. The highest BCUT2D eigenvalue weighted by Crippen LogP contribution is 2.27. The van der Waals surface area contributed by atoms with E-state index in [1.165, 1.54) is 39.8 Å². The summed E-state index contributed by atoms with van der Waals surface area (Å²) in [6, 6.07) is 3.40. The molecule has 0 spiro atoms. The Balaban J connectivity index is 3.33. The van der Waals surface area contributed by atoms with Crippen molar-refractivity contribution in [2.24, 2.45) is 0 Å². The summed E-state index contributed by atoms with van der Waals surface area (Å²) in [7, 11) is -4.09. The van der Waals surface area contributed by atoms with Crippen LogP contribution in [0.5, 0.6) is 0 Å². The first kappa shape index (κ1) is 17.9. The molecule has 0 heterocycles. The maximum atomic E-state index is 12.4. The van der Waals surface area contributed by atoms with Crippen LogP contribution in [-0.2, 0) is 10.0 Å². The Morgan fingerprint density at radius 3 is 2.19 bits per heavy atom. The van der Waals surface area contributed by atoms with Crippen molar-refractivity contribution in [3.63, 3.8) is 0 Å². The molecule has 0 aliphatic rings. The van der Waals surface area contributed by atoms with Crippen molar-refractivity contribution in [3.05, 3.63) is 28.8 Å². The molecule has 1 aromatic carbocycles. The maximum absolute atomic E-state index is 12.4. The number of nitrogens with one attached hydrogen (secondary N) is 1. The van der Waals surface area contributed by atoms with E-state index in [4.69, 9.17) is 16.7 Å². The van der Waals surface area contributed by atoms with Gasteiger partial charge in [-0.25, -0.2) is 17.9 Å². The summed E-state index contributed by atoms with van der Waals surface area (Å²) < 4.78 is 27.1. The fourth-order valence-corrected chi connectivity index (χ4v) is 3.42. The van der Waals surface area contributed by atoms with Crippen molar-refractivity contribution in [1.29, 1.82) is 0 Å². The molecule has 1 rings (SSSR count). The number of rotatable bonds is 5. The molecular formula is C13H18ClNO5S. The number of carboxylic acids is 1. The van der Waals surface area contributed by atoms with Gasteiger partial charge in [0.2, 0.25) is 10.0 Å². The van der Waals surface area contributed by atoms with Crippen LogP contribution in [0.2, 0.25) is 5.02 Å². The Labute approximate surface area is 128 Å². The zero-order chi connectivity index (χ0) is 16.6. The molecule has 0 radical (unpaired) electrons. The zero-order valence-corrected chi connectivity index (χ0v) is 13.7. The second-order valence-electron chi connectivity index (χ2n) is 5.74. The van der Waals surface area contributed by atoms with Gasteiger partial charge in [0.25, 0.3) is 0 Å². The SMILES string of the molecule is CC(C)(O)C(C)(C)NS(=O)(=O)c1cc(C(=O)O)ccc1Cl. The largest absolute Gasteiger partial charge is 0.478 e. The predicted molar refractivity (Wildman–Crippen MR) is 79.1 cm³/mol. The van der Waals surface area contributed by atoms with Crippen LogP contribution in [0, 0.1) is 0 Å². The molecule has 0 aliphatic carbocycles. The van der Waals surface area contributed by atoms with Crippen LogP contribution in [0.1, 0.15) is 38.1 Å². The van der Waals surface area contributed by atoms with Gasteiger partial charge in [-0.1, -0.05) is 11.6 Å². The number of hydrogen-bond acceptors (Lipinski definition) is 4. The van der Waals surface area contributed by atoms with E-state index >= 15 is 0 Å². The Morgan fingerprint density at radius 2 is 1.76 bits per heavy atom. The van der Waals surface area contributed by atoms with E-state index in [9.17, 15) is 18.3 Å². The van der Waals surface area contributed by atoms with Gasteiger partial charge in [-0.15, -0.1) is 0 Å². The summed E-state index contributed by atoms with van der Waals surface area (Å²) in [5.41, 5.74) is -2.72. The normalized spacial score (nSPS) is 13.2. The van der Waals surface area contributed by atoms with Crippen LogP contribution in [0.4, 0.5) is 0 Å². The van der Waals surface area contributed by atoms with Gasteiger partial charge in [0.15, 0.2) is 0 Å². The van der Waals surface area contributed by atoms with Gasteiger partial charge in [0, 0.05) is 0 Å². The van der Waals surface area contributed by atoms with Crippen molar-refractivity contribution < 1.29 is 23.4 Å². The first-order valence-corrected chi connectivity index (χ1v) is 7.93. The van der Waals surface area contributed by atoms with Crippen LogP contribution < -0.4 is 4.72 Å². The van der Waals surface area contributed by atoms with Gasteiger partial charge in [0.05, 0.1) is 21.7 Å². The first-order valence-electron chi connectivity index (χ1n) is 6.07. The molecule has 0 aliphatic heterocycles. The Hall–Kier alpha value is -1.15. The summed E-state index contributed by atoms with van der Waals surface area (Å²) in [4.78, 5) is 10.6. The van der Waals surface area contributed by atoms with Gasteiger partial charge in [-0.3, -0.25) is 0 Å². The van der Waals surface area contributed by atoms with E-state index in [1.807, 2.05) is 0 Å². The number of sulfonamides is 1. The van der Waals surface area contributed by atoms with E-state index in [0.29, 0.717) is 0 Å². The highest BCUT2D eigenvalue weighted by Gasteiger charge is 2.39. The van der Waals surface area contributed by atoms with Crippen molar-refractivity contribution in [1.82, 2.24) is 4.72 Å². The smallest absolute Gasteiger partial charge is 0.335 e. The lowest BCUT2D eigenvalue weighted by Crippen LogP contribution is -2.57. The van der Waals surface area contributed by atoms with E-state index in [0.717, 1.165) is 6.07 Å². The van der Waals surface area contributed by atoms with Crippen LogP contribution >= 0.6 is 11.6 Å². The summed E-state index contributed by atoms with van der Waals surface area (Å²) >= 11 is 5.85. The first-order chi connectivity index (χ1) is 9.28. The molecule has 118 valence electrons. The molecule has 6 nitrogen and oxygen atoms in total. The van der Waals surface area contributed by atoms with Crippen molar-refractivity contribution in [2.75, 3.05) is 0 Å². The Bertz CT molecular complexity index is 662. The molecule has 0 saturated heterocycles. The Kier molecular flexibility index (Phi) is 4.74. The minimum absolute atomic E-state index is 0.0981. The molecule has 0 aromatic heterocycles. The van der Waals surface area contributed by atoms with E-state index in [-0.39, 0.29) is 15.5 Å². The number of carboxylic acid groups (broad SMARTS) is 1. The number of benzene rings is 1. The van der Waals surface area contributed by atoms with Crippen LogP contribution in [0.15, 0.2) is 23.1 Å². The minimum Gasteiger partial charge on any atom is -0.478 e. The van der Waals surface area contributed by atoms with Crippen molar-refractivity contribution >= 4 is 27.6 Å². The molecule has 8 heteroatoms. The van der Waals surface area contributed by atoms with Gasteiger partial charge in [-0.2, -0.15) is 0 Å². The molecule has 0 saturated carbocycles. The molecule has 21 heavy (non-hydrogen) atoms. The van der Waals surface area contributed by atoms with Crippen LogP contribution in [-0.4, -0.2) is 35.7 Å². The molecule has 0 amide bonds. The summed E-state index contributed by atoms with van der Waals surface area (Å²) in [6.07, 6.45) is 0. The molecule has 0 bridgehead atoms. The molecule has 3 N–H and O–H groups in total. The minimum atomic E-state index is -4.09. The van der Waals surface area contributed by atoms with Gasteiger partial charge >= 0.3 is 5.97 Å². The molecule has 0 atom stereocenters. The third-order valence-corrected chi connectivity index (χ3v) is 5.52. The standard InChI is InChI=1S/C13H18ClNO5S/c1-12(2,13(3,4)18)15-21(19,20)10-7-8(11(16)17)5-6-9(10)14/h5-7,15,18H,1-4H3,(H,16,17). The van der Waals surface area contributed by atoms with Crippen LogP contribution in [0.25, 0.3) is 0 Å². The van der Waals surface area contributed by atoms with Crippen molar-refractivity contribution in [2.45, 2.75) is 43.7 Å². The fraction of sp³-hybridized carbons (Fsp3) is 0.462. The summed E-state index contributed by atoms with van der Waals surface area (Å²) in [5, 5.41) is 18.8. The average molecular weight is 336 g/mol. The number of carbonyl (C=O) groups is 1. The van der Waals surface area contributed by atoms with Gasteiger partial charge < -0.3 is 10.2 Å². The van der Waals surface area contributed by atoms with Gasteiger partial charge in [-0.05, 0) is 45.9 Å². The lowest BCUT2D eigenvalue weighted by molar-refractivity contribution is 0.00638. The fourth-order valence-electron chi connectivity index (χ4n) is 1.36.